The number of nitriles is 1. The number of aromatic nitrogens is 1. The highest BCUT2D eigenvalue weighted by Gasteiger charge is 2.32. The van der Waals surface area contributed by atoms with Gasteiger partial charge >= 0.3 is 0 Å². The van der Waals surface area contributed by atoms with Gasteiger partial charge in [-0.15, -0.1) is 0 Å². The molecule has 6 nitrogen and oxygen atoms in total. The number of anilines is 1. The number of amides is 2. The van der Waals surface area contributed by atoms with E-state index >= 15 is 0 Å². The van der Waals surface area contributed by atoms with Gasteiger partial charge in [0.2, 0.25) is 5.91 Å². The first kappa shape index (κ1) is 21.8. The van der Waals surface area contributed by atoms with Gasteiger partial charge in [-0.05, 0) is 78.9 Å². The van der Waals surface area contributed by atoms with Crippen molar-refractivity contribution in [1.29, 1.82) is 5.26 Å². The second kappa shape index (κ2) is 9.06. The third kappa shape index (κ3) is 4.15. The summed E-state index contributed by atoms with van der Waals surface area (Å²) in [5.41, 5.74) is 4.65. The Kier molecular flexibility index (Phi) is 5.81. The van der Waals surface area contributed by atoms with E-state index in [0.717, 1.165) is 23.2 Å². The predicted molar refractivity (Wildman–Crippen MR) is 125 cm³/mol. The van der Waals surface area contributed by atoms with E-state index in [2.05, 4.69) is 16.4 Å². The van der Waals surface area contributed by atoms with Crippen molar-refractivity contribution in [3.8, 4) is 17.2 Å². The average Bonchev–Trinajstić information content (AvgIpc) is 2.85. The summed E-state index contributed by atoms with van der Waals surface area (Å²) in [5.74, 6) is -0.593. The minimum absolute atomic E-state index is 0.0841. The van der Waals surface area contributed by atoms with Crippen molar-refractivity contribution in [3.63, 3.8) is 0 Å². The van der Waals surface area contributed by atoms with Crippen LogP contribution >= 0.6 is 0 Å². The summed E-state index contributed by atoms with van der Waals surface area (Å²) in [5, 5.41) is 12.1. The highest BCUT2D eigenvalue weighted by Crippen LogP contribution is 2.35. The van der Waals surface area contributed by atoms with Crippen LogP contribution in [0, 0.1) is 17.1 Å². The highest BCUT2D eigenvalue weighted by atomic mass is 19.1. The molecule has 0 spiro atoms. The molecule has 34 heavy (non-hydrogen) atoms. The number of hydrogen-bond acceptors (Lipinski definition) is 4. The third-order valence-electron chi connectivity index (χ3n) is 6.54. The maximum Gasteiger partial charge on any atom is 0.254 e. The number of carbonyl (C=O) groups excluding carboxylic acids is 2. The minimum atomic E-state index is -0.394. The molecular weight excluding hydrogens is 431 g/mol. The van der Waals surface area contributed by atoms with Crippen LogP contribution < -0.4 is 5.32 Å². The van der Waals surface area contributed by atoms with Gasteiger partial charge in [0, 0.05) is 36.0 Å². The Bertz CT molecular complexity index is 1330. The fraction of sp³-hybridized carbons (Fsp3) is 0.259. The summed E-state index contributed by atoms with van der Waals surface area (Å²) in [6, 6.07) is 15.0. The summed E-state index contributed by atoms with van der Waals surface area (Å²) in [4.78, 5) is 32.4. The monoisotopic (exact) mass is 454 g/mol. The molecule has 3 heterocycles. The number of pyridine rings is 1. The molecule has 2 aliphatic rings. The lowest BCUT2D eigenvalue weighted by atomic mass is 9.92. The summed E-state index contributed by atoms with van der Waals surface area (Å²) < 4.78 is 14.1. The van der Waals surface area contributed by atoms with E-state index in [-0.39, 0.29) is 17.9 Å². The SMILES string of the molecule is N#Cc1ccc2c(c1)CCN([C@H]1CCCCC(=O)Nc3ccc(F)cc3-c3ccnc1c3)C2=O. The molecule has 0 fully saturated rings. The molecule has 2 aliphatic heterocycles. The van der Waals surface area contributed by atoms with Crippen molar-refractivity contribution < 1.29 is 14.0 Å². The van der Waals surface area contributed by atoms with Gasteiger partial charge in [-0.3, -0.25) is 14.6 Å². The number of nitrogens with zero attached hydrogens (tertiary/aromatic N) is 3. The molecule has 0 radical (unpaired) electrons. The van der Waals surface area contributed by atoms with Crippen LogP contribution in [0.2, 0.25) is 0 Å². The Morgan fingerprint density at radius 2 is 1.91 bits per heavy atom. The van der Waals surface area contributed by atoms with E-state index in [1.807, 2.05) is 11.0 Å². The molecule has 0 unspecified atom stereocenters. The summed E-state index contributed by atoms with van der Waals surface area (Å²) in [7, 11) is 0. The van der Waals surface area contributed by atoms with Crippen molar-refractivity contribution >= 4 is 17.5 Å². The van der Waals surface area contributed by atoms with Crippen LogP contribution in [-0.4, -0.2) is 28.2 Å². The molecule has 0 aliphatic carbocycles. The number of halogens is 1. The number of fused-ring (bicyclic) bond motifs is 5. The molecular formula is C27H23FN4O2. The summed E-state index contributed by atoms with van der Waals surface area (Å²) >= 11 is 0. The van der Waals surface area contributed by atoms with Gasteiger partial charge in [0.05, 0.1) is 23.4 Å². The second-order valence-corrected chi connectivity index (χ2v) is 8.70. The number of nitrogens with one attached hydrogen (secondary N) is 1. The Labute approximate surface area is 197 Å². The highest BCUT2D eigenvalue weighted by molar-refractivity contribution is 5.97. The molecule has 2 amide bonds. The largest absolute Gasteiger partial charge is 0.330 e. The minimum Gasteiger partial charge on any atom is -0.330 e. The number of carbonyl (C=O) groups is 2. The van der Waals surface area contributed by atoms with Gasteiger partial charge in [0.1, 0.15) is 5.82 Å². The Hall–Kier alpha value is -4.05. The number of hydrogen-bond donors (Lipinski definition) is 1. The zero-order valence-electron chi connectivity index (χ0n) is 18.6. The van der Waals surface area contributed by atoms with E-state index in [1.54, 1.807) is 36.5 Å². The first-order valence-corrected chi connectivity index (χ1v) is 11.4. The number of rotatable bonds is 1. The smallest absolute Gasteiger partial charge is 0.254 e. The lowest BCUT2D eigenvalue weighted by Gasteiger charge is -2.35. The zero-order valence-corrected chi connectivity index (χ0v) is 18.6. The summed E-state index contributed by atoms with van der Waals surface area (Å²) in [6.07, 6.45) is 4.76. The van der Waals surface area contributed by atoms with Crippen LogP contribution in [-0.2, 0) is 11.2 Å². The zero-order chi connectivity index (χ0) is 23.7. The van der Waals surface area contributed by atoms with E-state index in [9.17, 15) is 19.2 Å². The van der Waals surface area contributed by atoms with E-state index in [4.69, 9.17) is 0 Å². The molecule has 5 rings (SSSR count). The van der Waals surface area contributed by atoms with Crippen LogP contribution in [0.1, 0.15) is 58.9 Å². The van der Waals surface area contributed by atoms with E-state index in [1.165, 1.54) is 12.1 Å². The van der Waals surface area contributed by atoms with Gasteiger partial charge in [-0.25, -0.2) is 4.39 Å². The Morgan fingerprint density at radius 3 is 2.76 bits per heavy atom. The van der Waals surface area contributed by atoms with Crippen LogP contribution in [0.5, 0.6) is 0 Å². The second-order valence-electron chi connectivity index (χ2n) is 8.70. The summed E-state index contributed by atoms with van der Waals surface area (Å²) in [6.45, 7) is 0.517. The molecule has 1 aromatic heterocycles. The molecule has 2 aromatic carbocycles. The van der Waals surface area contributed by atoms with Gasteiger partial charge < -0.3 is 10.2 Å². The van der Waals surface area contributed by atoms with Crippen molar-refractivity contribution in [1.82, 2.24) is 9.88 Å². The molecule has 0 saturated heterocycles. The number of benzene rings is 2. The average molecular weight is 455 g/mol. The van der Waals surface area contributed by atoms with Crippen molar-refractivity contribution in [3.05, 3.63) is 82.9 Å². The van der Waals surface area contributed by atoms with E-state index < -0.39 is 5.82 Å². The standard InChI is InChI=1S/C27H23FN4O2/c28-20-6-8-23-22(15-20)18-9-11-30-24(14-18)25(3-1-2-4-26(33)31-23)32-12-10-19-13-17(16-29)5-7-21(19)27(32)34/h5-9,11,13-15,25H,1-4,10,12H2,(H,31,33)/t25-/m0/s1. The molecule has 3 aromatic rings. The Balaban J connectivity index is 1.56. The van der Waals surface area contributed by atoms with Gasteiger partial charge in [0.25, 0.3) is 5.91 Å². The van der Waals surface area contributed by atoms with Crippen molar-refractivity contribution in [2.24, 2.45) is 0 Å². The molecule has 0 saturated carbocycles. The van der Waals surface area contributed by atoms with Crippen molar-refractivity contribution in [2.75, 3.05) is 11.9 Å². The third-order valence-corrected chi connectivity index (χ3v) is 6.54. The van der Waals surface area contributed by atoms with Crippen LogP contribution in [0.3, 0.4) is 0 Å². The van der Waals surface area contributed by atoms with Gasteiger partial charge in [-0.2, -0.15) is 5.26 Å². The van der Waals surface area contributed by atoms with Crippen LogP contribution in [0.25, 0.3) is 11.1 Å². The maximum atomic E-state index is 14.1. The normalized spacial score (nSPS) is 18.0. The van der Waals surface area contributed by atoms with Gasteiger partial charge in [0.15, 0.2) is 0 Å². The molecule has 1 N–H and O–H groups in total. The van der Waals surface area contributed by atoms with Crippen molar-refractivity contribution in [2.45, 2.75) is 38.1 Å². The van der Waals surface area contributed by atoms with Crippen LogP contribution in [0.15, 0.2) is 54.7 Å². The molecule has 170 valence electrons. The topological polar surface area (TPSA) is 86.1 Å². The molecule has 7 heteroatoms. The molecule has 2 bridgehead atoms. The van der Waals surface area contributed by atoms with E-state index in [0.29, 0.717) is 54.6 Å². The lowest BCUT2D eigenvalue weighted by Crippen LogP contribution is -2.40. The fourth-order valence-electron chi connectivity index (χ4n) is 4.84. The Morgan fingerprint density at radius 1 is 1.03 bits per heavy atom. The predicted octanol–water partition coefficient (Wildman–Crippen LogP) is 5.01. The molecule has 1 atom stereocenters. The first-order valence-electron chi connectivity index (χ1n) is 11.4. The fourth-order valence-corrected chi connectivity index (χ4v) is 4.84. The lowest BCUT2D eigenvalue weighted by molar-refractivity contribution is -0.116. The maximum absolute atomic E-state index is 14.1. The quantitative estimate of drug-likeness (QED) is 0.560. The first-order chi connectivity index (χ1) is 16.5. The van der Waals surface area contributed by atoms with Gasteiger partial charge in [-0.1, -0.05) is 6.42 Å². The van der Waals surface area contributed by atoms with Crippen LogP contribution in [0.4, 0.5) is 10.1 Å².